The molecule has 0 bridgehead atoms. The number of rotatable bonds is 6. The fourth-order valence-corrected chi connectivity index (χ4v) is 4.81. The van der Waals surface area contributed by atoms with Crippen LogP contribution in [0.4, 0.5) is 5.82 Å². The van der Waals surface area contributed by atoms with E-state index in [0.29, 0.717) is 35.5 Å². The summed E-state index contributed by atoms with van der Waals surface area (Å²) >= 11 is 0. The van der Waals surface area contributed by atoms with Gasteiger partial charge in [0.1, 0.15) is 0 Å². The number of sulfone groups is 1. The lowest BCUT2D eigenvalue weighted by Crippen LogP contribution is -2.25. The van der Waals surface area contributed by atoms with Gasteiger partial charge in [0.2, 0.25) is 5.91 Å². The van der Waals surface area contributed by atoms with Crippen molar-refractivity contribution in [3.05, 3.63) is 47.9 Å². The minimum absolute atomic E-state index is 0.00695. The first-order valence-electron chi connectivity index (χ1n) is 9.38. The molecule has 1 aromatic carbocycles. The molecule has 1 aliphatic carbocycles. The zero-order chi connectivity index (χ0) is 21.0. The lowest BCUT2D eigenvalue weighted by atomic mass is 9.86. The number of hydrogen-bond donors (Lipinski definition) is 2. The van der Waals surface area contributed by atoms with Crippen LogP contribution in [0.5, 0.6) is 0 Å². The third kappa shape index (κ3) is 4.97. The van der Waals surface area contributed by atoms with Crippen molar-refractivity contribution in [1.82, 2.24) is 9.97 Å². The molecule has 1 heterocycles. The SMILES string of the molecule is Cc1cc(C(CC2CCC/C2=N/O)C(=O)Nc2cnccn2)ccc1S(C)(=O)=O. The van der Waals surface area contributed by atoms with Crippen LogP contribution in [0.15, 0.2) is 46.8 Å². The first kappa shape index (κ1) is 20.9. The van der Waals surface area contributed by atoms with Gasteiger partial charge in [0.15, 0.2) is 15.7 Å². The van der Waals surface area contributed by atoms with Gasteiger partial charge in [-0.3, -0.25) is 9.78 Å². The molecule has 0 radical (unpaired) electrons. The molecule has 29 heavy (non-hydrogen) atoms. The molecular formula is C20H24N4O4S. The smallest absolute Gasteiger partial charge is 0.233 e. The molecule has 8 nitrogen and oxygen atoms in total. The van der Waals surface area contributed by atoms with Crippen molar-refractivity contribution in [3.8, 4) is 0 Å². The number of aromatic nitrogens is 2. The van der Waals surface area contributed by atoms with Gasteiger partial charge in [-0.1, -0.05) is 17.3 Å². The zero-order valence-corrected chi connectivity index (χ0v) is 17.2. The predicted molar refractivity (Wildman–Crippen MR) is 109 cm³/mol. The quantitative estimate of drug-likeness (QED) is 0.551. The van der Waals surface area contributed by atoms with Crippen LogP contribution in [-0.2, 0) is 14.6 Å². The van der Waals surface area contributed by atoms with Crippen LogP contribution in [-0.4, -0.2) is 41.5 Å². The third-order valence-corrected chi connectivity index (χ3v) is 6.49. The summed E-state index contributed by atoms with van der Waals surface area (Å²) in [4.78, 5) is 21.4. The molecular weight excluding hydrogens is 392 g/mol. The van der Waals surface area contributed by atoms with Gasteiger partial charge in [-0.15, -0.1) is 0 Å². The molecule has 3 rings (SSSR count). The lowest BCUT2D eigenvalue weighted by Gasteiger charge is -2.21. The Morgan fingerprint density at radius 1 is 1.38 bits per heavy atom. The second kappa shape index (κ2) is 8.69. The van der Waals surface area contributed by atoms with Crippen molar-refractivity contribution in [2.75, 3.05) is 11.6 Å². The first-order chi connectivity index (χ1) is 13.8. The van der Waals surface area contributed by atoms with Crippen LogP contribution in [0.2, 0.25) is 0 Å². The second-order valence-corrected chi connectivity index (χ2v) is 9.33. The summed E-state index contributed by atoms with van der Waals surface area (Å²) in [6, 6.07) is 4.95. The summed E-state index contributed by atoms with van der Waals surface area (Å²) in [7, 11) is -3.35. The topological polar surface area (TPSA) is 122 Å². The van der Waals surface area contributed by atoms with E-state index >= 15 is 0 Å². The Kier molecular flexibility index (Phi) is 6.26. The number of carbonyl (C=O) groups is 1. The summed E-state index contributed by atoms with van der Waals surface area (Å²) in [6.45, 7) is 1.72. The Bertz CT molecular complexity index is 1020. The molecule has 154 valence electrons. The van der Waals surface area contributed by atoms with E-state index in [1.165, 1.54) is 24.7 Å². The van der Waals surface area contributed by atoms with E-state index in [-0.39, 0.29) is 16.7 Å². The molecule has 1 amide bonds. The van der Waals surface area contributed by atoms with E-state index in [1.807, 2.05) is 0 Å². The van der Waals surface area contributed by atoms with E-state index in [1.54, 1.807) is 19.1 Å². The number of nitrogens with zero attached hydrogens (tertiary/aromatic N) is 3. The molecule has 9 heteroatoms. The second-order valence-electron chi connectivity index (χ2n) is 7.35. The molecule has 0 spiro atoms. The lowest BCUT2D eigenvalue weighted by molar-refractivity contribution is -0.117. The highest BCUT2D eigenvalue weighted by molar-refractivity contribution is 7.90. The maximum absolute atomic E-state index is 13.1. The normalized spacial score (nSPS) is 19.2. The maximum atomic E-state index is 13.1. The maximum Gasteiger partial charge on any atom is 0.233 e. The van der Waals surface area contributed by atoms with Crippen molar-refractivity contribution < 1.29 is 18.4 Å². The number of benzene rings is 1. The Balaban J connectivity index is 1.94. The van der Waals surface area contributed by atoms with Gasteiger partial charge >= 0.3 is 0 Å². The fraction of sp³-hybridized carbons (Fsp3) is 0.400. The van der Waals surface area contributed by atoms with Crippen LogP contribution >= 0.6 is 0 Å². The van der Waals surface area contributed by atoms with Crippen molar-refractivity contribution in [2.24, 2.45) is 11.1 Å². The minimum atomic E-state index is -3.35. The van der Waals surface area contributed by atoms with Crippen molar-refractivity contribution in [2.45, 2.75) is 43.4 Å². The number of nitrogens with one attached hydrogen (secondary N) is 1. The highest BCUT2D eigenvalue weighted by Gasteiger charge is 2.31. The molecule has 0 saturated heterocycles. The van der Waals surface area contributed by atoms with Crippen LogP contribution in [0.3, 0.4) is 0 Å². The Hall–Kier alpha value is -2.81. The van der Waals surface area contributed by atoms with Gasteiger partial charge in [0.25, 0.3) is 0 Å². The highest BCUT2D eigenvalue weighted by Crippen LogP contribution is 2.34. The molecule has 2 N–H and O–H groups in total. The number of hydrogen-bond acceptors (Lipinski definition) is 7. The third-order valence-electron chi connectivity index (χ3n) is 5.24. The van der Waals surface area contributed by atoms with E-state index in [2.05, 4.69) is 20.4 Å². The molecule has 2 atom stereocenters. The number of carbonyl (C=O) groups excluding carboxylic acids is 1. The van der Waals surface area contributed by atoms with Gasteiger partial charge < -0.3 is 10.5 Å². The molecule has 1 saturated carbocycles. The van der Waals surface area contributed by atoms with Gasteiger partial charge in [0, 0.05) is 24.6 Å². The summed E-state index contributed by atoms with van der Waals surface area (Å²) in [5.41, 5.74) is 2.00. The standard InChI is InChI=1S/C20H24N4O4S/c1-13-10-14(6-7-18(13)29(2,27)28)16(11-15-4-3-5-17(15)24-26)20(25)23-19-12-21-8-9-22-19/h6-10,12,15-16,26H,3-5,11H2,1-2H3,(H,22,23,25)/b24-17-. The Labute approximate surface area is 170 Å². The molecule has 1 fully saturated rings. The minimum Gasteiger partial charge on any atom is -0.411 e. The number of oxime groups is 1. The first-order valence-corrected chi connectivity index (χ1v) is 11.3. The van der Waals surface area contributed by atoms with Gasteiger partial charge in [0.05, 0.1) is 22.7 Å². The van der Waals surface area contributed by atoms with E-state index in [9.17, 15) is 18.4 Å². The summed E-state index contributed by atoms with van der Waals surface area (Å²) in [5, 5.41) is 15.5. The van der Waals surface area contributed by atoms with Crippen LogP contribution < -0.4 is 5.32 Å². The average molecular weight is 417 g/mol. The van der Waals surface area contributed by atoms with E-state index in [0.717, 1.165) is 19.1 Å². The van der Waals surface area contributed by atoms with Crippen LogP contribution in [0.1, 0.15) is 42.7 Å². The Morgan fingerprint density at radius 3 is 2.79 bits per heavy atom. The Morgan fingerprint density at radius 2 is 2.17 bits per heavy atom. The highest BCUT2D eigenvalue weighted by atomic mass is 32.2. The number of amides is 1. The van der Waals surface area contributed by atoms with Gasteiger partial charge in [-0.05, 0) is 49.8 Å². The molecule has 1 aliphatic rings. The van der Waals surface area contributed by atoms with Crippen molar-refractivity contribution >= 4 is 27.3 Å². The van der Waals surface area contributed by atoms with Crippen LogP contribution in [0, 0.1) is 12.8 Å². The van der Waals surface area contributed by atoms with E-state index < -0.39 is 15.8 Å². The monoisotopic (exact) mass is 416 g/mol. The van der Waals surface area contributed by atoms with Crippen molar-refractivity contribution in [1.29, 1.82) is 0 Å². The van der Waals surface area contributed by atoms with Crippen LogP contribution in [0.25, 0.3) is 0 Å². The number of anilines is 1. The summed E-state index contributed by atoms with van der Waals surface area (Å²) in [6.07, 6.45) is 8.56. The summed E-state index contributed by atoms with van der Waals surface area (Å²) < 4.78 is 23.9. The predicted octanol–water partition coefficient (Wildman–Crippen LogP) is 2.93. The molecule has 0 aliphatic heterocycles. The fourth-order valence-electron chi connectivity index (χ4n) is 3.85. The summed E-state index contributed by atoms with van der Waals surface area (Å²) in [5.74, 6) is -0.479. The van der Waals surface area contributed by atoms with Crippen molar-refractivity contribution in [3.63, 3.8) is 0 Å². The number of aryl methyl sites for hydroxylation is 1. The van der Waals surface area contributed by atoms with Gasteiger partial charge in [-0.2, -0.15) is 0 Å². The van der Waals surface area contributed by atoms with Gasteiger partial charge in [-0.25, -0.2) is 13.4 Å². The zero-order valence-electron chi connectivity index (χ0n) is 16.4. The molecule has 2 unspecified atom stereocenters. The van der Waals surface area contributed by atoms with E-state index in [4.69, 9.17) is 0 Å². The molecule has 2 aromatic rings. The molecule has 1 aromatic heterocycles. The average Bonchev–Trinajstić information content (AvgIpc) is 3.13. The largest absolute Gasteiger partial charge is 0.411 e.